The number of carbonyl (C=O) groups excluding carboxylic acids is 1. The number of hydrogen-bond acceptors (Lipinski definition) is 2. The van der Waals surface area contributed by atoms with Crippen LogP contribution in [0.1, 0.15) is 25.3 Å². The zero-order valence-corrected chi connectivity index (χ0v) is 10.9. The molecule has 1 fully saturated rings. The third-order valence-electron chi connectivity index (χ3n) is 3.49. The van der Waals surface area contributed by atoms with Gasteiger partial charge >= 0.3 is 0 Å². The molecule has 104 valence electrons. The second-order valence-corrected chi connectivity index (χ2v) is 4.95. The molecule has 0 radical (unpaired) electrons. The molecule has 0 unspecified atom stereocenters. The molecule has 0 aliphatic carbocycles. The summed E-state index contributed by atoms with van der Waals surface area (Å²) in [5.41, 5.74) is 0.0916. The summed E-state index contributed by atoms with van der Waals surface area (Å²) in [4.78, 5) is 11.9. The summed E-state index contributed by atoms with van der Waals surface area (Å²) < 4.78 is 26.5. The Morgan fingerprint density at radius 3 is 3.00 bits per heavy atom. The standard InChI is InChI=1S/C14H18F2N2O/c1-9-12(6-3-7-17-9)18-13(19)8-10-4-2-5-11(15)14(10)16/h2,4-5,9,12,17H,3,6-8H2,1H3,(H,18,19)/t9-,12+/m1/s1. The van der Waals surface area contributed by atoms with Gasteiger partial charge in [-0.15, -0.1) is 0 Å². The van der Waals surface area contributed by atoms with E-state index in [1.807, 2.05) is 6.92 Å². The molecule has 2 N–H and O–H groups in total. The fourth-order valence-corrected chi connectivity index (χ4v) is 2.36. The lowest BCUT2D eigenvalue weighted by atomic mass is 9.99. The fraction of sp³-hybridized carbons (Fsp3) is 0.500. The van der Waals surface area contributed by atoms with Crippen molar-refractivity contribution in [3.05, 3.63) is 35.4 Å². The lowest BCUT2D eigenvalue weighted by Gasteiger charge is -2.30. The van der Waals surface area contributed by atoms with Crippen molar-refractivity contribution in [2.75, 3.05) is 6.54 Å². The van der Waals surface area contributed by atoms with E-state index >= 15 is 0 Å². The van der Waals surface area contributed by atoms with Crippen molar-refractivity contribution >= 4 is 5.91 Å². The third-order valence-corrected chi connectivity index (χ3v) is 3.49. The average Bonchev–Trinajstić information content (AvgIpc) is 2.38. The number of nitrogens with one attached hydrogen (secondary N) is 2. The van der Waals surface area contributed by atoms with Crippen LogP contribution in [0.3, 0.4) is 0 Å². The molecule has 3 nitrogen and oxygen atoms in total. The van der Waals surface area contributed by atoms with Crippen molar-refractivity contribution in [1.82, 2.24) is 10.6 Å². The van der Waals surface area contributed by atoms with Gasteiger partial charge in [-0.2, -0.15) is 0 Å². The van der Waals surface area contributed by atoms with Crippen LogP contribution in [-0.4, -0.2) is 24.5 Å². The predicted molar refractivity (Wildman–Crippen MR) is 68.7 cm³/mol. The lowest BCUT2D eigenvalue weighted by molar-refractivity contribution is -0.121. The maximum absolute atomic E-state index is 13.4. The summed E-state index contributed by atoms with van der Waals surface area (Å²) in [6, 6.07) is 4.14. The minimum Gasteiger partial charge on any atom is -0.352 e. The maximum atomic E-state index is 13.4. The average molecular weight is 268 g/mol. The van der Waals surface area contributed by atoms with E-state index < -0.39 is 11.6 Å². The Morgan fingerprint density at radius 2 is 2.26 bits per heavy atom. The Bertz CT molecular complexity index is 465. The first kappa shape index (κ1) is 13.9. The second kappa shape index (κ2) is 6.10. The number of halogens is 2. The molecular weight excluding hydrogens is 250 g/mol. The highest BCUT2D eigenvalue weighted by Gasteiger charge is 2.22. The van der Waals surface area contributed by atoms with Gasteiger partial charge in [0.05, 0.1) is 6.42 Å². The Hall–Kier alpha value is -1.49. The van der Waals surface area contributed by atoms with Crippen LogP contribution in [0.2, 0.25) is 0 Å². The van der Waals surface area contributed by atoms with Crippen LogP contribution in [0.4, 0.5) is 8.78 Å². The molecule has 0 aromatic heterocycles. The lowest BCUT2D eigenvalue weighted by Crippen LogP contribution is -2.52. The van der Waals surface area contributed by atoms with Crippen molar-refractivity contribution in [3.63, 3.8) is 0 Å². The highest BCUT2D eigenvalue weighted by Crippen LogP contribution is 2.13. The molecule has 1 saturated heterocycles. The van der Waals surface area contributed by atoms with Gasteiger partial charge in [-0.1, -0.05) is 12.1 Å². The molecule has 5 heteroatoms. The predicted octanol–water partition coefficient (Wildman–Crippen LogP) is 1.76. The summed E-state index contributed by atoms with van der Waals surface area (Å²) in [6.45, 7) is 2.96. The molecule has 2 atom stereocenters. The summed E-state index contributed by atoms with van der Waals surface area (Å²) in [5, 5.41) is 6.15. The highest BCUT2D eigenvalue weighted by atomic mass is 19.2. The number of amides is 1. The topological polar surface area (TPSA) is 41.1 Å². The van der Waals surface area contributed by atoms with Crippen LogP contribution in [-0.2, 0) is 11.2 Å². The van der Waals surface area contributed by atoms with Crippen LogP contribution in [0.5, 0.6) is 0 Å². The Morgan fingerprint density at radius 1 is 1.47 bits per heavy atom. The van der Waals surface area contributed by atoms with Gasteiger partial charge in [-0.25, -0.2) is 8.78 Å². The first-order chi connectivity index (χ1) is 9.08. The van der Waals surface area contributed by atoms with Crippen molar-refractivity contribution in [2.45, 2.75) is 38.3 Å². The monoisotopic (exact) mass is 268 g/mol. The molecule has 1 amide bonds. The van der Waals surface area contributed by atoms with E-state index in [1.54, 1.807) is 0 Å². The molecule has 1 heterocycles. The zero-order valence-electron chi connectivity index (χ0n) is 10.9. The minimum absolute atomic E-state index is 0.0536. The quantitative estimate of drug-likeness (QED) is 0.877. The third kappa shape index (κ3) is 3.50. The van der Waals surface area contributed by atoms with Gasteiger partial charge in [0, 0.05) is 17.6 Å². The Kier molecular flexibility index (Phi) is 4.47. The van der Waals surface area contributed by atoms with Gasteiger partial charge in [-0.05, 0) is 32.4 Å². The van der Waals surface area contributed by atoms with Crippen LogP contribution < -0.4 is 10.6 Å². The van der Waals surface area contributed by atoms with Crippen molar-refractivity contribution in [1.29, 1.82) is 0 Å². The second-order valence-electron chi connectivity index (χ2n) is 4.95. The largest absolute Gasteiger partial charge is 0.352 e. The number of hydrogen-bond donors (Lipinski definition) is 2. The first-order valence-electron chi connectivity index (χ1n) is 6.53. The Labute approximate surface area is 111 Å². The molecule has 19 heavy (non-hydrogen) atoms. The molecule has 0 saturated carbocycles. The molecule has 0 spiro atoms. The van der Waals surface area contributed by atoms with Crippen molar-refractivity contribution < 1.29 is 13.6 Å². The van der Waals surface area contributed by atoms with Gasteiger partial charge in [0.2, 0.25) is 5.91 Å². The SMILES string of the molecule is C[C@H]1NCCC[C@@H]1NC(=O)Cc1cccc(F)c1F. The smallest absolute Gasteiger partial charge is 0.224 e. The normalized spacial score (nSPS) is 23.1. The highest BCUT2D eigenvalue weighted by molar-refractivity contribution is 5.79. The van der Waals surface area contributed by atoms with Gasteiger partial charge in [-0.3, -0.25) is 4.79 Å². The van der Waals surface area contributed by atoms with Gasteiger partial charge in [0.1, 0.15) is 0 Å². The minimum atomic E-state index is -0.938. The van der Waals surface area contributed by atoms with E-state index in [-0.39, 0.29) is 30.0 Å². The van der Waals surface area contributed by atoms with Crippen molar-refractivity contribution in [2.24, 2.45) is 0 Å². The van der Waals surface area contributed by atoms with E-state index in [0.29, 0.717) is 0 Å². The number of benzene rings is 1. The molecule has 2 rings (SSSR count). The molecule has 1 aliphatic heterocycles. The fourth-order valence-electron chi connectivity index (χ4n) is 2.36. The van der Waals surface area contributed by atoms with E-state index in [2.05, 4.69) is 10.6 Å². The zero-order chi connectivity index (χ0) is 13.8. The van der Waals surface area contributed by atoms with Gasteiger partial charge in [0.25, 0.3) is 0 Å². The number of piperidine rings is 1. The molecule has 0 bridgehead atoms. The van der Waals surface area contributed by atoms with Crippen LogP contribution >= 0.6 is 0 Å². The van der Waals surface area contributed by atoms with E-state index in [9.17, 15) is 13.6 Å². The summed E-state index contributed by atoms with van der Waals surface area (Å²) in [5.74, 6) is -2.13. The number of carbonyl (C=O) groups is 1. The van der Waals surface area contributed by atoms with Crippen LogP contribution in [0.25, 0.3) is 0 Å². The summed E-state index contributed by atoms with van der Waals surface area (Å²) in [7, 11) is 0. The van der Waals surface area contributed by atoms with E-state index in [1.165, 1.54) is 12.1 Å². The maximum Gasteiger partial charge on any atom is 0.224 e. The van der Waals surface area contributed by atoms with Gasteiger partial charge < -0.3 is 10.6 Å². The van der Waals surface area contributed by atoms with E-state index in [4.69, 9.17) is 0 Å². The molecule has 1 aromatic rings. The van der Waals surface area contributed by atoms with Crippen molar-refractivity contribution in [3.8, 4) is 0 Å². The number of rotatable bonds is 3. The summed E-state index contributed by atoms with van der Waals surface area (Å²) in [6.07, 6.45) is 1.78. The Balaban J connectivity index is 1.95. The van der Waals surface area contributed by atoms with Gasteiger partial charge in [0.15, 0.2) is 11.6 Å². The molecular formula is C14H18F2N2O. The van der Waals surface area contributed by atoms with E-state index in [0.717, 1.165) is 25.5 Å². The summed E-state index contributed by atoms with van der Waals surface area (Å²) >= 11 is 0. The molecule has 1 aromatic carbocycles. The van der Waals surface area contributed by atoms with Crippen LogP contribution in [0.15, 0.2) is 18.2 Å². The molecule has 1 aliphatic rings. The first-order valence-corrected chi connectivity index (χ1v) is 6.53. The van der Waals surface area contributed by atoms with Crippen LogP contribution in [0, 0.1) is 11.6 Å².